The summed E-state index contributed by atoms with van der Waals surface area (Å²) in [4.78, 5) is 22.9. The molecule has 3 rings (SSSR count). The average molecular weight is 333 g/mol. The van der Waals surface area contributed by atoms with Gasteiger partial charge in [-0.15, -0.1) is 0 Å². The van der Waals surface area contributed by atoms with Gasteiger partial charge < -0.3 is 20.7 Å². The van der Waals surface area contributed by atoms with Gasteiger partial charge in [-0.05, 0) is 12.8 Å². The molecule has 3 N–H and O–H groups in total. The molecule has 2 aromatic heterocycles. The Morgan fingerprint density at radius 1 is 1.42 bits per heavy atom. The second-order valence-corrected chi connectivity index (χ2v) is 5.96. The van der Waals surface area contributed by atoms with Crippen LogP contribution in [0.4, 0.5) is 11.8 Å². The maximum Gasteiger partial charge on any atom is 0.224 e. The molecule has 0 aliphatic carbocycles. The molecular formula is C15H23N7O2. The maximum atomic E-state index is 12.1. The molecule has 1 saturated heterocycles. The fraction of sp³-hybridized carbons (Fsp3) is 0.600. The summed E-state index contributed by atoms with van der Waals surface area (Å²) in [5.74, 6) is 1.16. The highest BCUT2D eigenvalue weighted by molar-refractivity contribution is 5.88. The van der Waals surface area contributed by atoms with Crippen molar-refractivity contribution in [1.82, 2.24) is 25.1 Å². The SMILES string of the molecule is COCCNC(=O)C1CCN(c2nc(N)nc3c2cnn3C)CC1. The van der Waals surface area contributed by atoms with Gasteiger partial charge in [-0.1, -0.05) is 0 Å². The number of aromatic nitrogens is 4. The Bertz CT molecular complexity index is 722. The van der Waals surface area contributed by atoms with Gasteiger partial charge in [0.15, 0.2) is 5.65 Å². The minimum absolute atomic E-state index is 0.0293. The number of fused-ring (bicyclic) bond motifs is 1. The summed E-state index contributed by atoms with van der Waals surface area (Å²) in [6.07, 6.45) is 3.32. The van der Waals surface area contributed by atoms with E-state index in [4.69, 9.17) is 10.5 Å². The molecule has 1 aliphatic heterocycles. The maximum absolute atomic E-state index is 12.1. The van der Waals surface area contributed by atoms with Gasteiger partial charge in [-0.25, -0.2) is 0 Å². The Balaban J connectivity index is 1.68. The van der Waals surface area contributed by atoms with E-state index in [2.05, 4.69) is 25.3 Å². The number of nitrogen functional groups attached to an aromatic ring is 1. The predicted octanol–water partition coefficient (Wildman–Crippen LogP) is -0.0755. The van der Waals surface area contributed by atoms with E-state index in [1.54, 1.807) is 18.0 Å². The number of hydrogen-bond acceptors (Lipinski definition) is 7. The van der Waals surface area contributed by atoms with Crippen molar-refractivity contribution in [2.45, 2.75) is 12.8 Å². The number of hydrogen-bond donors (Lipinski definition) is 2. The van der Waals surface area contributed by atoms with E-state index in [0.717, 1.165) is 42.8 Å². The molecular weight excluding hydrogens is 310 g/mol. The van der Waals surface area contributed by atoms with Crippen LogP contribution in [0.5, 0.6) is 0 Å². The van der Waals surface area contributed by atoms with Gasteiger partial charge >= 0.3 is 0 Å². The zero-order chi connectivity index (χ0) is 17.1. The number of carbonyl (C=O) groups is 1. The third kappa shape index (κ3) is 3.25. The Kier molecular flexibility index (Phi) is 4.79. The van der Waals surface area contributed by atoms with Crippen LogP contribution in [0.1, 0.15) is 12.8 Å². The molecule has 0 spiro atoms. The lowest BCUT2D eigenvalue weighted by Gasteiger charge is -2.32. The molecule has 0 saturated carbocycles. The summed E-state index contributed by atoms with van der Waals surface area (Å²) < 4.78 is 6.64. The number of amides is 1. The summed E-state index contributed by atoms with van der Waals surface area (Å²) in [6, 6.07) is 0. The standard InChI is InChI=1S/C15H23N7O2/c1-21-12-11(9-18-21)13(20-15(16)19-12)22-6-3-10(4-7-22)14(23)17-5-8-24-2/h9-10H,3-8H2,1-2H3,(H,17,23)(H2,16,19,20). The molecule has 0 aromatic carbocycles. The van der Waals surface area contributed by atoms with Gasteiger partial charge in [-0.3, -0.25) is 9.48 Å². The molecule has 0 radical (unpaired) electrons. The van der Waals surface area contributed by atoms with Gasteiger partial charge in [0.05, 0.1) is 18.2 Å². The van der Waals surface area contributed by atoms with Gasteiger partial charge in [0, 0.05) is 39.7 Å². The molecule has 2 aromatic rings. The third-order valence-corrected chi connectivity index (χ3v) is 4.36. The number of rotatable bonds is 5. The van der Waals surface area contributed by atoms with Crippen molar-refractivity contribution in [3.05, 3.63) is 6.20 Å². The smallest absolute Gasteiger partial charge is 0.224 e. The number of piperidine rings is 1. The minimum atomic E-state index is 0.0293. The fourth-order valence-corrected chi connectivity index (χ4v) is 3.04. The molecule has 24 heavy (non-hydrogen) atoms. The molecule has 3 heterocycles. The summed E-state index contributed by atoms with van der Waals surface area (Å²) in [5, 5.41) is 8.03. The fourth-order valence-electron chi connectivity index (χ4n) is 3.04. The summed E-state index contributed by atoms with van der Waals surface area (Å²) in [7, 11) is 3.45. The first-order valence-electron chi connectivity index (χ1n) is 8.07. The lowest BCUT2D eigenvalue weighted by Crippen LogP contribution is -2.41. The number of ether oxygens (including phenoxy) is 1. The number of aryl methyl sites for hydroxylation is 1. The van der Waals surface area contributed by atoms with Crippen molar-refractivity contribution >= 4 is 28.7 Å². The first-order chi connectivity index (χ1) is 11.6. The van der Waals surface area contributed by atoms with E-state index in [1.807, 2.05) is 7.05 Å². The highest BCUT2D eigenvalue weighted by Gasteiger charge is 2.27. The molecule has 9 heteroatoms. The lowest BCUT2D eigenvalue weighted by molar-refractivity contribution is -0.125. The number of nitrogens with one attached hydrogen (secondary N) is 1. The molecule has 1 amide bonds. The van der Waals surface area contributed by atoms with Gasteiger partial charge in [0.25, 0.3) is 0 Å². The van der Waals surface area contributed by atoms with Crippen LogP contribution in [0.15, 0.2) is 6.20 Å². The van der Waals surface area contributed by atoms with Gasteiger partial charge in [-0.2, -0.15) is 15.1 Å². The highest BCUT2D eigenvalue weighted by Crippen LogP contribution is 2.28. The average Bonchev–Trinajstić information content (AvgIpc) is 2.95. The van der Waals surface area contributed by atoms with E-state index in [-0.39, 0.29) is 17.8 Å². The van der Waals surface area contributed by atoms with Crippen LogP contribution in [0.3, 0.4) is 0 Å². The van der Waals surface area contributed by atoms with E-state index in [9.17, 15) is 4.79 Å². The second kappa shape index (κ2) is 7.00. The van der Waals surface area contributed by atoms with Crippen molar-refractivity contribution in [2.75, 3.05) is 44.0 Å². The number of anilines is 2. The third-order valence-electron chi connectivity index (χ3n) is 4.36. The van der Waals surface area contributed by atoms with Crippen molar-refractivity contribution in [1.29, 1.82) is 0 Å². The highest BCUT2D eigenvalue weighted by atomic mass is 16.5. The zero-order valence-corrected chi connectivity index (χ0v) is 14.0. The molecule has 9 nitrogen and oxygen atoms in total. The van der Waals surface area contributed by atoms with Crippen molar-refractivity contribution < 1.29 is 9.53 Å². The van der Waals surface area contributed by atoms with Crippen molar-refractivity contribution in [3.63, 3.8) is 0 Å². The monoisotopic (exact) mass is 333 g/mol. The minimum Gasteiger partial charge on any atom is -0.383 e. The molecule has 130 valence electrons. The van der Waals surface area contributed by atoms with Crippen LogP contribution in [-0.4, -0.2) is 59.0 Å². The van der Waals surface area contributed by atoms with Crippen molar-refractivity contribution in [2.24, 2.45) is 13.0 Å². The van der Waals surface area contributed by atoms with Crippen molar-refractivity contribution in [3.8, 4) is 0 Å². The Hall–Kier alpha value is -2.42. The number of carbonyl (C=O) groups excluding carboxylic acids is 1. The largest absolute Gasteiger partial charge is 0.383 e. The zero-order valence-electron chi connectivity index (χ0n) is 14.0. The summed E-state index contributed by atoms with van der Waals surface area (Å²) >= 11 is 0. The first-order valence-corrected chi connectivity index (χ1v) is 8.07. The van der Waals surface area contributed by atoms with Gasteiger partial charge in [0.2, 0.25) is 11.9 Å². The Morgan fingerprint density at radius 3 is 2.88 bits per heavy atom. The summed E-state index contributed by atoms with van der Waals surface area (Å²) in [6.45, 7) is 2.59. The Labute approximate surface area is 140 Å². The summed E-state index contributed by atoms with van der Waals surface area (Å²) in [5.41, 5.74) is 6.56. The van der Waals surface area contributed by atoms with Crippen LogP contribution >= 0.6 is 0 Å². The van der Waals surface area contributed by atoms with Crippen LogP contribution in [0, 0.1) is 5.92 Å². The molecule has 1 aliphatic rings. The van der Waals surface area contributed by atoms with E-state index in [0.29, 0.717) is 13.2 Å². The quantitative estimate of drug-likeness (QED) is 0.736. The molecule has 0 atom stereocenters. The van der Waals surface area contributed by atoms with Crippen LogP contribution in [0.25, 0.3) is 11.0 Å². The Morgan fingerprint density at radius 2 is 2.17 bits per heavy atom. The van der Waals surface area contributed by atoms with Crippen LogP contribution < -0.4 is 16.0 Å². The number of methoxy groups -OCH3 is 1. The molecule has 1 fully saturated rings. The number of nitrogens with zero attached hydrogens (tertiary/aromatic N) is 5. The topological polar surface area (TPSA) is 111 Å². The predicted molar refractivity (Wildman–Crippen MR) is 90.5 cm³/mol. The molecule has 0 unspecified atom stereocenters. The van der Waals surface area contributed by atoms with E-state index >= 15 is 0 Å². The lowest BCUT2D eigenvalue weighted by atomic mass is 9.96. The number of nitrogens with two attached hydrogens (primary N) is 1. The van der Waals surface area contributed by atoms with E-state index in [1.165, 1.54) is 0 Å². The second-order valence-electron chi connectivity index (χ2n) is 5.96. The van der Waals surface area contributed by atoms with Crippen LogP contribution in [-0.2, 0) is 16.6 Å². The first kappa shape index (κ1) is 16.4. The van der Waals surface area contributed by atoms with Crippen LogP contribution in [0.2, 0.25) is 0 Å². The molecule has 0 bridgehead atoms. The normalized spacial score (nSPS) is 15.8. The van der Waals surface area contributed by atoms with E-state index < -0.39 is 0 Å². The van der Waals surface area contributed by atoms with Gasteiger partial charge in [0.1, 0.15) is 5.82 Å².